The van der Waals surface area contributed by atoms with Crippen LogP contribution < -0.4 is 5.32 Å². The Morgan fingerprint density at radius 2 is 2.00 bits per heavy atom. The molecule has 1 N–H and O–H groups in total. The normalized spacial score (nSPS) is 18.3. The highest BCUT2D eigenvalue weighted by molar-refractivity contribution is 7.99. The topological polar surface area (TPSA) is 72.7 Å². The molecule has 1 unspecified atom stereocenters. The summed E-state index contributed by atoms with van der Waals surface area (Å²) in [4.78, 5) is 12.4. The number of nitrogens with zero attached hydrogens (tertiary/aromatic N) is 4. The predicted octanol–water partition coefficient (Wildman–Crippen LogP) is 3.64. The fraction of sp³-hybridized carbons (Fsp3) is 0.600. The van der Waals surface area contributed by atoms with Crippen LogP contribution in [-0.2, 0) is 17.6 Å². The summed E-state index contributed by atoms with van der Waals surface area (Å²) in [6.07, 6.45) is 9.60. The first-order chi connectivity index (χ1) is 13.2. The molecule has 1 heterocycles. The molecule has 1 aromatic heterocycles. The minimum atomic E-state index is 0.0103. The van der Waals surface area contributed by atoms with Crippen LogP contribution >= 0.6 is 11.8 Å². The Labute approximate surface area is 164 Å². The van der Waals surface area contributed by atoms with Gasteiger partial charge < -0.3 is 5.32 Å². The third-order valence-electron chi connectivity index (χ3n) is 5.72. The van der Waals surface area contributed by atoms with Crippen LogP contribution in [0.3, 0.4) is 0 Å². The van der Waals surface area contributed by atoms with Crippen molar-refractivity contribution >= 4 is 17.7 Å². The molecule has 1 saturated carbocycles. The predicted molar refractivity (Wildman–Crippen MR) is 106 cm³/mol. The number of benzene rings is 1. The molecular formula is C20H27N5OS. The molecule has 2 aromatic rings. The van der Waals surface area contributed by atoms with Crippen molar-refractivity contribution in [1.29, 1.82) is 0 Å². The molecule has 7 heteroatoms. The van der Waals surface area contributed by atoms with Gasteiger partial charge in [-0.3, -0.25) is 4.79 Å². The van der Waals surface area contributed by atoms with E-state index in [1.807, 2.05) is 4.68 Å². The lowest BCUT2D eigenvalue weighted by Gasteiger charge is -2.20. The fourth-order valence-corrected chi connectivity index (χ4v) is 4.93. The molecule has 4 rings (SSSR count). The van der Waals surface area contributed by atoms with Gasteiger partial charge in [0, 0.05) is 0 Å². The van der Waals surface area contributed by atoms with Crippen LogP contribution in [0.15, 0.2) is 23.4 Å². The zero-order valence-electron chi connectivity index (χ0n) is 15.9. The number of hydrogen-bond donors (Lipinski definition) is 1. The highest BCUT2D eigenvalue weighted by Gasteiger charge is 2.22. The number of fused-ring (bicyclic) bond motifs is 1. The quantitative estimate of drug-likeness (QED) is 0.769. The van der Waals surface area contributed by atoms with Crippen molar-refractivity contribution in [1.82, 2.24) is 25.5 Å². The number of rotatable bonds is 6. The van der Waals surface area contributed by atoms with Crippen molar-refractivity contribution in [2.24, 2.45) is 0 Å². The van der Waals surface area contributed by atoms with Gasteiger partial charge in [0.1, 0.15) is 0 Å². The minimum absolute atomic E-state index is 0.0103. The average molecular weight is 386 g/mol. The number of hydrogen-bond acceptors (Lipinski definition) is 5. The van der Waals surface area contributed by atoms with E-state index < -0.39 is 0 Å². The van der Waals surface area contributed by atoms with Crippen LogP contribution in [0, 0.1) is 0 Å². The summed E-state index contributed by atoms with van der Waals surface area (Å²) < 4.78 is 1.90. The molecule has 2 aliphatic rings. The summed E-state index contributed by atoms with van der Waals surface area (Å²) in [6.45, 7) is 2.05. The second-order valence-electron chi connectivity index (χ2n) is 7.66. The highest BCUT2D eigenvalue weighted by Crippen LogP contribution is 2.31. The Morgan fingerprint density at radius 3 is 2.81 bits per heavy atom. The van der Waals surface area contributed by atoms with Crippen molar-refractivity contribution < 1.29 is 4.79 Å². The zero-order chi connectivity index (χ0) is 18.6. The SMILES string of the molecule is CC(NC(=O)CSc1nnnn1C1CCCC1)c1ccc2c(c1)CCCC2. The van der Waals surface area contributed by atoms with Gasteiger partial charge in [0.15, 0.2) is 0 Å². The van der Waals surface area contributed by atoms with E-state index in [2.05, 4.69) is 46.0 Å². The van der Waals surface area contributed by atoms with Crippen molar-refractivity contribution in [2.75, 3.05) is 5.75 Å². The second-order valence-corrected chi connectivity index (χ2v) is 8.60. The van der Waals surface area contributed by atoms with Crippen LogP contribution in [0.4, 0.5) is 0 Å². The van der Waals surface area contributed by atoms with Crippen LogP contribution in [0.1, 0.15) is 74.2 Å². The molecular weight excluding hydrogens is 358 g/mol. The van der Waals surface area contributed by atoms with Crippen LogP contribution in [0.5, 0.6) is 0 Å². The van der Waals surface area contributed by atoms with E-state index in [1.165, 1.54) is 60.6 Å². The number of carbonyl (C=O) groups excluding carboxylic acids is 1. The Hall–Kier alpha value is -1.89. The maximum absolute atomic E-state index is 12.4. The monoisotopic (exact) mass is 385 g/mol. The maximum Gasteiger partial charge on any atom is 0.230 e. The molecule has 0 aliphatic heterocycles. The molecule has 0 saturated heterocycles. The van der Waals surface area contributed by atoms with Gasteiger partial charge in [-0.2, -0.15) is 0 Å². The third kappa shape index (κ3) is 4.34. The molecule has 27 heavy (non-hydrogen) atoms. The smallest absolute Gasteiger partial charge is 0.230 e. The molecule has 0 radical (unpaired) electrons. The highest BCUT2D eigenvalue weighted by atomic mass is 32.2. The molecule has 2 aliphatic carbocycles. The van der Waals surface area contributed by atoms with Gasteiger partial charge in [0.05, 0.1) is 17.8 Å². The van der Waals surface area contributed by atoms with Crippen LogP contribution in [0.25, 0.3) is 0 Å². The van der Waals surface area contributed by atoms with Gasteiger partial charge in [-0.25, -0.2) is 4.68 Å². The number of tetrazole rings is 1. The molecule has 1 aromatic carbocycles. The van der Waals surface area contributed by atoms with E-state index in [1.54, 1.807) is 0 Å². The zero-order valence-corrected chi connectivity index (χ0v) is 16.7. The first-order valence-electron chi connectivity index (χ1n) is 10.0. The van der Waals surface area contributed by atoms with E-state index in [9.17, 15) is 4.79 Å². The van der Waals surface area contributed by atoms with Gasteiger partial charge >= 0.3 is 0 Å². The number of thioether (sulfide) groups is 1. The van der Waals surface area contributed by atoms with E-state index in [0.29, 0.717) is 11.8 Å². The van der Waals surface area contributed by atoms with Crippen molar-refractivity contribution in [3.63, 3.8) is 0 Å². The van der Waals surface area contributed by atoms with Crippen molar-refractivity contribution in [3.8, 4) is 0 Å². The molecule has 1 amide bonds. The van der Waals surface area contributed by atoms with Gasteiger partial charge in [-0.05, 0) is 72.6 Å². The number of aryl methyl sites for hydroxylation is 2. The summed E-state index contributed by atoms with van der Waals surface area (Å²) >= 11 is 1.42. The van der Waals surface area contributed by atoms with E-state index >= 15 is 0 Å². The average Bonchev–Trinajstić information content (AvgIpc) is 3.37. The summed E-state index contributed by atoms with van der Waals surface area (Å²) in [5.74, 6) is 0.355. The number of carbonyl (C=O) groups is 1. The maximum atomic E-state index is 12.4. The van der Waals surface area contributed by atoms with Gasteiger partial charge in [-0.15, -0.1) is 5.10 Å². The number of nitrogens with one attached hydrogen (secondary N) is 1. The van der Waals surface area contributed by atoms with Crippen molar-refractivity contribution in [2.45, 2.75) is 75.5 Å². The standard InChI is InChI=1S/C20H27N5OS/c1-14(16-11-10-15-6-2-3-7-17(15)12-16)21-19(26)13-27-20-22-23-24-25(20)18-8-4-5-9-18/h10-12,14,18H,2-9,13H2,1H3,(H,21,26). The Balaban J connectivity index is 1.32. The minimum Gasteiger partial charge on any atom is -0.349 e. The molecule has 1 fully saturated rings. The first-order valence-corrected chi connectivity index (χ1v) is 11.0. The van der Waals surface area contributed by atoms with E-state index in [0.717, 1.165) is 24.4 Å². The van der Waals surface area contributed by atoms with Gasteiger partial charge in [-0.1, -0.05) is 42.8 Å². The van der Waals surface area contributed by atoms with E-state index in [4.69, 9.17) is 0 Å². The lowest BCUT2D eigenvalue weighted by atomic mass is 9.89. The Bertz CT molecular complexity index is 799. The summed E-state index contributed by atoms with van der Waals surface area (Å²) in [7, 11) is 0. The first kappa shape index (κ1) is 18.5. The largest absolute Gasteiger partial charge is 0.349 e. The molecule has 6 nitrogen and oxygen atoms in total. The Kier molecular flexibility index (Phi) is 5.76. The lowest BCUT2D eigenvalue weighted by Crippen LogP contribution is -2.28. The number of amides is 1. The summed E-state index contributed by atoms with van der Waals surface area (Å²) in [5.41, 5.74) is 4.10. The second kappa shape index (κ2) is 8.42. The van der Waals surface area contributed by atoms with Crippen LogP contribution in [-0.4, -0.2) is 31.9 Å². The van der Waals surface area contributed by atoms with Gasteiger partial charge in [0.2, 0.25) is 11.1 Å². The third-order valence-corrected chi connectivity index (χ3v) is 6.65. The Morgan fingerprint density at radius 1 is 1.22 bits per heavy atom. The van der Waals surface area contributed by atoms with Crippen LogP contribution in [0.2, 0.25) is 0 Å². The molecule has 144 valence electrons. The molecule has 0 bridgehead atoms. The molecule has 0 spiro atoms. The number of aromatic nitrogens is 4. The van der Waals surface area contributed by atoms with Crippen molar-refractivity contribution in [3.05, 3.63) is 34.9 Å². The van der Waals surface area contributed by atoms with E-state index in [-0.39, 0.29) is 11.9 Å². The lowest BCUT2D eigenvalue weighted by molar-refractivity contribution is -0.119. The summed E-state index contributed by atoms with van der Waals surface area (Å²) in [5, 5.41) is 15.9. The summed E-state index contributed by atoms with van der Waals surface area (Å²) in [6, 6.07) is 7.06. The molecule has 1 atom stereocenters. The fourth-order valence-electron chi connectivity index (χ4n) is 4.18. The van der Waals surface area contributed by atoms with Gasteiger partial charge in [0.25, 0.3) is 0 Å².